The van der Waals surface area contributed by atoms with E-state index in [0.29, 0.717) is 11.8 Å². The van der Waals surface area contributed by atoms with Gasteiger partial charge in [0.15, 0.2) is 37.9 Å². The Morgan fingerprint density at radius 3 is 0.860 bits per heavy atom. The first-order valence-corrected chi connectivity index (χ1v) is 18.0. The van der Waals surface area contributed by atoms with Crippen molar-refractivity contribution in [1.29, 1.82) is 0 Å². The Morgan fingerprint density at radius 1 is 0.420 bits per heavy atom. The van der Waals surface area contributed by atoms with Crippen molar-refractivity contribution in [3.63, 3.8) is 0 Å². The van der Waals surface area contributed by atoms with E-state index in [-0.39, 0.29) is 24.8 Å². The van der Waals surface area contributed by atoms with Gasteiger partial charge in [-0.1, -0.05) is 116 Å². The van der Waals surface area contributed by atoms with Crippen LogP contribution in [0.4, 0.5) is 0 Å². The number of nitrogens with zero attached hydrogens (tertiary/aromatic N) is 4. The Morgan fingerprint density at radius 2 is 0.680 bits per heavy atom. The minimum absolute atomic E-state index is 0. The molecule has 4 nitrogen and oxygen atoms in total. The molecule has 0 spiro atoms. The third kappa shape index (κ3) is 25.2. The molecule has 4 aromatic rings. The Labute approximate surface area is 321 Å². The normalized spacial score (nSPS) is 10.9. The zero-order valence-corrected chi connectivity index (χ0v) is 35.6. The summed E-state index contributed by atoms with van der Waals surface area (Å²) in [6, 6.07) is 29.9. The molecular weight excluding hydrogens is 655 g/mol. The zero-order valence-electron chi connectivity index (χ0n) is 34.1. The van der Waals surface area contributed by atoms with Gasteiger partial charge in [0, 0.05) is 47.2 Å². The van der Waals surface area contributed by atoms with Gasteiger partial charge >= 0.3 is 0 Å². The van der Waals surface area contributed by atoms with E-state index >= 15 is 0 Å². The topological polar surface area (TPSA) is 7.76 Å². The van der Waals surface area contributed by atoms with Gasteiger partial charge in [0.05, 0.1) is 55.4 Å². The standard InChI is InChI=1S/2C15H18N.2C7H18N.2ClH/c2*1-13(2)15-8-10-16(11-9-15)12-14-6-4-3-5-7-14;2*1-7(2)6-8(3,4)5;;/h2*3-11,13H,12H2,1-2H3;2*7H,6H2,1-5H3;2*1H/q4*+1;;/p-2. The van der Waals surface area contributed by atoms with Gasteiger partial charge in [-0.15, -0.1) is 0 Å². The number of pyridine rings is 2. The number of aromatic nitrogens is 2. The van der Waals surface area contributed by atoms with Crippen LogP contribution >= 0.6 is 0 Å². The Bertz CT molecular complexity index is 1250. The Hall–Kier alpha value is -2.76. The van der Waals surface area contributed by atoms with Crippen LogP contribution in [0, 0.1) is 11.8 Å². The lowest BCUT2D eigenvalue weighted by Gasteiger charge is -2.25. The van der Waals surface area contributed by atoms with Crippen LogP contribution < -0.4 is 33.9 Å². The molecule has 0 aliphatic heterocycles. The van der Waals surface area contributed by atoms with Gasteiger partial charge in [-0.25, -0.2) is 9.13 Å². The van der Waals surface area contributed by atoms with Crippen LogP contribution in [-0.2, 0) is 13.1 Å². The van der Waals surface area contributed by atoms with Crippen molar-refractivity contribution in [2.45, 2.75) is 80.3 Å². The number of quaternary nitrogens is 2. The molecule has 0 N–H and O–H groups in total. The molecule has 4 rings (SSSR count). The molecule has 2 heterocycles. The van der Waals surface area contributed by atoms with Crippen molar-refractivity contribution >= 4 is 0 Å². The van der Waals surface area contributed by atoms with Crippen molar-refractivity contribution < 1.29 is 42.9 Å². The van der Waals surface area contributed by atoms with Crippen molar-refractivity contribution in [2.24, 2.45) is 11.8 Å². The van der Waals surface area contributed by atoms with Gasteiger partial charge in [0.2, 0.25) is 0 Å². The molecule has 0 unspecified atom stereocenters. The highest BCUT2D eigenvalue weighted by molar-refractivity contribution is 5.15. The lowest BCUT2D eigenvalue weighted by Crippen LogP contribution is -3.00. The van der Waals surface area contributed by atoms with Gasteiger partial charge in [0.25, 0.3) is 0 Å². The van der Waals surface area contributed by atoms with E-state index in [1.165, 1.54) is 35.3 Å². The molecule has 0 saturated heterocycles. The lowest BCUT2D eigenvalue weighted by molar-refractivity contribution is -0.873. The summed E-state index contributed by atoms with van der Waals surface area (Å²) in [5, 5.41) is 0. The van der Waals surface area contributed by atoms with Crippen LogP contribution in [-0.4, -0.2) is 64.3 Å². The van der Waals surface area contributed by atoms with E-state index in [1.54, 1.807) is 0 Å². The van der Waals surface area contributed by atoms with Gasteiger partial charge < -0.3 is 33.8 Å². The predicted octanol–water partition coefficient (Wildman–Crippen LogP) is 3.00. The van der Waals surface area contributed by atoms with Crippen molar-refractivity contribution in [3.8, 4) is 0 Å². The second-order valence-corrected chi connectivity index (χ2v) is 16.6. The average Bonchev–Trinajstić information content (AvgIpc) is 2.97. The summed E-state index contributed by atoms with van der Waals surface area (Å²) in [4.78, 5) is 0. The van der Waals surface area contributed by atoms with E-state index in [2.05, 4.69) is 217 Å². The summed E-state index contributed by atoms with van der Waals surface area (Å²) in [5.41, 5.74) is 5.46. The van der Waals surface area contributed by atoms with E-state index in [1.807, 2.05) is 0 Å². The van der Waals surface area contributed by atoms with Crippen LogP contribution in [0.5, 0.6) is 0 Å². The largest absolute Gasteiger partial charge is 1.00 e. The van der Waals surface area contributed by atoms with Crippen molar-refractivity contribution in [2.75, 3.05) is 55.4 Å². The molecule has 0 fully saturated rings. The average molecular weight is 728 g/mol. The molecule has 0 saturated carbocycles. The van der Waals surface area contributed by atoms with E-state index in [9.17, 15) is 0 Å². The number of hydrogen-bond acceptors (Lipinski definition) is 0. The van der Waals surface area contributed by atoms with Gasteiger partial charge in [0.1, 0.15) is 0 Å². The molecule has 0 aliphatic carbocycles. The SMILES string of the molecule is CC(C)C[N+](C)(C)C.CC(C)C[N+](C)(C)C.CC(C)c1cc[n+](Cc2ccccc2)cc1.CC(C)c1cc[n+](Cc2ccccc2)cc1.[Cl-].[Cl-]. The quantitative estimate of drug-likeness (QED) is 0.176. The molecular formula is C44H72Cl2N4+2. The summed E-state index contributed by atoms with van der Waals surface area (Å²) in [5.74, 6) is 2.84. The highest BCUT2D eigenvalue weighted by Crippen LogP contribution is 2.12. The summed E-state index contributed by atoms with van der Waals surface area (Å²) >= 11 is 0. The van der Waals surface area contributed by atoms with E-state index in [0.717, 1.165) is 33.9 Å². The zero-order chi connectivity index (χ0) is 36.3. The summed E-state index contributed by atoms with van der Waals surface area (Å²) in [6.45, 7) is 22.3. The molecule has 0 atom stereocenters. The highest BCUT2D eigenvalue weighted by Gasteiger charge is 2.09. The minimum Gasteiger partial charge on any atom is -1.00 e. The maximum Gasteiger partial charge on any atom is 0.173 e. The molecule has 0 amide bonds. The molecule has 2 aromatic carbocycles. The Balaban J connectivity index is 0. The minimum atomic E-state index is 0. The molecule has 2 aromatic heterocycles. The molecule has 0 radical (unpaired) electrons. The van der Waals surface area contributed by atoms with Crippen molar-refractivity contribution in [3.05, 3.63) is 132 Å². The van der Waals surface area contributed by atoms with Crippen LogP contribution in [0.3, 0.4) is 0 Å². The first-order valence-electron chi connectivity index (χ1n) is 18.0. The second-order valence-electron chi connectivity index (χ2n) is 16.6. The van der Waals surface area contributed by atoms with Gasteiger partial charge in [-0.05, 0) is 23.0 Å². The number of benzene rings is 2. The summed E-state index contributed by atoms with van der Waals surface area (Å²) < 4.78 is 6.58. The fourth-order valence-corrected chi connectivity index (χ4v) is 5.70. The Kier molecular flexibility index (Phi) is 24.9. The summed E-state index contributed by atoms with van der Waals surface area (Å²) in [7, 11) is 13.3. The van der Waals surface area contributed by atoms with Crippen LogP contribution in [0.1, 0.15) is 89.5 Å². The third-order valence-corrected chi connectivity index (χ3v) is 7.41. The monoisotopic (exact) mass is 727 g/mol. The molecule has 6 heteroatoms. The van der Waals surface area contributed by atoms with Crippen LogP contribution in [0.15, 0.2) is 110 Å². The van der Waals surface area contributed by atoms with E-state index in [4.69, 9.17) is 0 Å². The fourth-order valence-electron chi connectivity index (χ4n) is 5.70. The fraction of sp³-hybridized carbons (Fsp3) is 0.500. The van der Waals surface area contributed by atoms with Crippen LogP contribution in [0.2, 0.25) is 0 Å². The van der Waals surface area contributed by atoms with Crippen LogP contribution in [0.25, 0.3) is 0 Å². The lowest BCUT2D eigenvalue weighted by atomic mass is 10.1. The highest BCUT2D eigenvalue weighted by atomic mass is 35.5. The smallest absolute Gasteiger partial charge is 0.173 e. The van der Waals surface area contributed by atoms with Crippen molar-refractivity contribution in [1.82, 2.24) is 0 Å². The number of halogens is 2. The van der Waals surface area contributed by atoms with E-state index < -0.39 is 0 Å². The molecule has 0 bridgehead atoms. The maximum absolute atomic E-state index is 2.25. The first kappa shape index (κ1) is 49.4. The molecule has 50 heavy (non-hydrogen) atoms. The predicted molar refractivity (Wildman–Crippen MR) is 208 cm³/mol. The number of hydrogen-bond donors (Lipinski definition) is 0. The first-order chi connectivity index (χ1) is 22.3. The molecule has 280 valence electrons. The second kappa shape index (κ2) is 25.2. The summed E-state index contributed by atoms with van der Waals surface area (Å²) in [6.07, 6.45) is 8.62. The maximum atomic E-state index is 2.25. The number of rotatable bonds is 10. The van der Waals surface area contributed by atoms with Gasteiger partial charge in [-0.2, -0.15) is 0 Å². The third-order valence-electron chi connectivity index (χ3n) is 7.41. The van der Waals surface area contributed by atoms with Gasteiger partial charge in [-0.3, -0.25) is 0 Å². The molecule has 0 aliphatic rings.